The van der Waals surface area contributed by atoms with Gasteiger partial charge in [0, 0.05) is 12.1 Å². The number of rotatable bonds is 7. The average Bonchev–Trinajstić information content (AvgIpc) is 2.51. The summed E-state index contributed by atoms with van der Waals surface area (Å²) in [6.45, 7) is 0. The molecule has 2 N–H and O–H groups in total. The second kappa shape index (κ2) is 7.75. The summed E-state index contributed by atoms with van der Waals surface area (Å²) in [6.07, 6.45) is -6.46. The molecule has 0 bridgehead atoms. The van der Waals surface area contributed by atoms with E-state index in [0.29, 0.717) is 0 Å². The average molecular weight is 351 g/mol. The molecule has 0 aromatic heterocycles. The molecule has 0 fully saturated rings. The summed E-state index contributed by atoms with van der Waals surface area (Å²) in [6, 6.07) is 0.350. The highest BCUT2D eigenvalue weighted by atomic mass is 19.4. The topological polar surface area (TPSA) is 94.1 Å². The molecular weight excluding hydrogens is 335 g/mol. The quantitative estimate of drug-likeness (QED) is 0.779. The number of ether oxygens (including phenoxy) is 3. The molecule has 0 aliphatic heterocycles. The van der Waals surface area contributed by atoms with E-state index in [1.165, 1.54) is 33.5 Å². The van der Waals surface area contributed by atoms with E-state index in [4.69, 9.17) is 19.3 Å². The largest absolute Gasteiger partial charge is 0.496 e. The van der Waals surface area contributed by atoms with E-state index in [2.05, 4.69) is 0 Å². The Balaban J connectivity index is 3.15. The first-order valence-electron chi connectivity index (χ1n) is 6.53. The second-order valence-electron chi connectivity index (χ2n) is 4.59. The molecule has 134 valence electrons. The lowest BCUT2D eigenvalue weighted by Crippen LogP contribution is -2.43. The molecule has 1 atom stereocenters. The first-order valence-corrected chi connectivity index (χ1v) is 6.53. The van der Waals surface area contributed by atoms with Gasteiger partial charge in [0.25, 0.3) is 5.91 Å². The van der Waals surface area contributed by atoms with Gasteiger partial charge in [0.1, 0.15) is 11.8 Å². The number of alkyl halides is 3. The number of amides is 1. The standard InChI is InChI=1S/C14H16F3NO6/c1-22-9-5-11(24-3)10(23-2)4-7(9)12(19)18-8(13(20)21)6-14(15,16)17/h4-5,8H,6H2,1-3H3,(H,18,19)(H,20,21). The fraction of sp³-hybridized carbons (Fsp3) is 0.429. The van der Waals surface area contributed by atoms with Crippen LogP contribution in [0.1, 0.15) is 16.8 Å². The Labute approximate surface area is 135 Å². The molecule has 0 radical (unpaired) electrons. The minimum absolute atomic E-state index is 0.0127. The van der Waals surface area contributed by atoms with E-state index in [1.807, 2.05) is 5.32 Å². The Morgan fingerprint density at radius 3 is 2.00 bits per heavy atom. The summed E-state index contributed by atoms with van der Waals surface area (Å²) in [5.74, 6) is -2.51. The number of nitrogens with one attached hydrogen (secondary N) is 1. The van der Waals surface area contributed by atoms with Gasteiger partial charge < -0.3 is 24.6 Å². The van der Waals surface area contributed by atoms with Gasteiger partial charge in [-0.25, -0.2) is 4.79 Å². The lowest BCUT2D eigenvalue weighted by Gasteiger charge is -2.18. The SMILES string of the molecule is COc1cc(OC)c(C(=O)NC(CC(F)(F)F)C(=O)O)cc1OC. The van der Waals surface area contributed by atoms with Crippen molar-refractivity contribution in [2.24, 2.45) is 0 Å². The number of carboxylic acids is 1. The predicted molar refractivity (Wildman–Crippen MR) is 75.7 cm³/mol. The Hall–Kier alpha value is -2.65. The summed E-state index contributed by atoms with van der Waals surface area (Å²) in [5.41, 5.74) is -0.191. The molecule has 1 unspecified atom stereocenters. The van der Waals surface area contributed by atoms with Gasteiger partial charge in [-0.05, 0) is 0 Å². The van der Waals surface area contributed by atoms with Crippen LogP contribution in [-0.2, 0) is 4.79 Å². The maximum absolute atomic E-state index is 12.4. The number of methoxy groups -OCH3 is 3. The zero-order chi connectivity index (χ0) is 18.5. The van der Waals surface area contributed by atoms with Crippen molar-refractivity contribution < 1.29 is 42.1 Å². The predicted octanol–water partition coefficient (Wildman–Crippen LogP) is 1.85. The normalized spacial score (nSPS) is 12.2. The van der Waals surface area contributed by atoms with Crippen LogP contribution in [0.4, 0.5) is 13.2 Å². The van der Waals surface area contributed by atoms with Crippen LogP contribution in [0.3, 0.4) is 0 Å². The molecule has 10 heteroatoms. The van der Waals surface area contributed by atoms with Crippen molar-refractivity contribution in [2.75, 3.05) is 21.3 Å². The van der Waals surface area contributed by atoms with E-state index in [0.717, 1.165) is 0 Å². The van der Waals surface area contributed by atoms with Crippen molar-refractivity contribution in [3.63, 3.8) is 0 Å². The molecular formula is C14H16F3NO6. The zero-order valence-corrected chi connectivity index (χ0v) is 13.1. The Morgan fingerprint density at radius 1 is 1.08 bits per heavy atom. The van der Waals surface area contributed by atoms with Crippen LogP contribution < -0.4 is 19.5 Å². The van der Waals surface area contributed by atoms with Crippen LogP contribution in [-0.4, -0.2) is 50.5 Å². The maximum Gasteiger partial charge on any atom is 0.391 e. The number of carboxylic acid groups (broad SMARTS) is 1. The second-order valence-corrected chi connectivity index (χ2v) is 4.59. The Morgan fingerprint density at radius 2 is 1.58 bits per heavy atom. The van der Waals surface area contributed by atoms with Crippen molar-refractivity contribution in [3.8, 4) is 17.2 Å². The molecule has 1 amide bonds. The van der Waals surface area contributed by atoms with E-state index >= 15 is 0 Å². The van der Waals surface area contributed by atoms with Crippen LogP contribution >= 0.6 is 0 Å². The fourth-order valence-electron chi connectivity index (χ4n) is 1.87. The third kappa shape index (κ3) is 4.93. The summed E-state index contributed by atoms with van der Waals surface area (Å²) in [7, 11) is 3.89. The van der Waals surface area contributed by atoms with Crippen LogP contribution in [0.5, 0.6) is 17.2 Å². The molecule has 0 spiro atoms. The summed E-state index contributed by atoms with van der Waals surface area (Å²) >= 11 is 0. The molecule has 1 aromatic rings. The van der Waals surface area contributed by atoms with E-state index in [9.17, 15) is 22.8 Å². The van der Waals surface area contributed by atoms with E-state index in [-0.39, 0.29) is 22.8 Å². The molecule has 1 rings (SSSR count). The van der Waals surface area contributed by atoms with E-state index < -0.39 is 30.5 Å². The number of hydrogen-bond donors (Lipinski definition) is 2. The molecule has 0 heterocycles. The summed E-state index contributed by atoms with van der Waals surface area (Å²) < 4.78 is 52.2. The van der Waals surface area contributed by atoms with Crippen molar-refractivity contribution in [1.82, 2.24) is 5.32 Å². The van der Waals surface area contributed by atoms with Crippen molar-refractivity contribution in [3.05, 3.63) is 17.7 Å². The number of carbonyl (C=O) groups excluding carboxylic acids is 1. The van der Waals surface area contributed by atoms with Gasteiger partial charge in [-0.3, -0.25) is 4.79 Å². The lowest BCUT2D eigenvalue weighted by atomic mass is 10.1. The van der Waals surface area contributed by atoms with Gasteiger partial charge in [0.15, 0.2) is 11.5 Å². The highest BCUT2D eigenvalue weighted by Crippen LogP contribution is 2.34. The Bertz CT molecular complexity index is 617. The smallest absolute Gasteiger partial charge is 0.391 e. The highest BCUT2D eigenvalue weighted by molar-refractivity contribution is 5.99. The van der Waals surface area contributed by atoms with Crippen LogP contribution in [0.2, 0.25) is 0 Å². The number of halogens is 3. The first kappa shape index (κ1) is 19.4. The van der Waals surface area contributed by atoms with Crippen LogP contribution in [0.25, 0.3) is 0 Å². The molecule has 0 aliphatic rings. The van der Waals surface area contributed by atoms with E-state index in [1.54, 1.807) is 0 Å². The van der Waals surface area contributed by atoms with Gasteiger partial charge in [-0.1, -0.05) is 0 Å². The number of aliphatic carboxylic acids is 1. The van der Waals surface area contributed by atoms with Gasteiger partial charge in [-0.2, -0.15) is 13.2 Å². The monoisotopic (exact) mass is 351 g/mol. The maximum atomic E-state index is 12.4. The highest BCUT2D eigenvalue weighted by Gasteiger charge is 2.36. The number of benzene rings is 1. The molecule has 0 aliphatic carbocycles. The molecule has 7 nitrogen and oxygen atoms in total. The third-order valence-electron chi connectivity index (χ3n) is 2.99. The molecule has 0 saturated carbocycles. The van der Waals surface area contributed by atoms with Crippen molar-refractivity contribution in [2.45, 2.75) is 18.6 Å². The van der Waals surface area contributed by atoms with Crippen LogP contribution in [0, 0.1) is 0 Å². The summed E-state index contributed by atoms with van der Waals surface area (Å²) in [4.78, 5) is 23.1. The lowest BCUT2D eigenvalue weighted by molar-refractivity contribution is -0.157. The fourth-order valence-corrected chi connectivity index (χ4v) is 1.87. The van der Waals surface area contributed by atoms with Crippen molar-refractivity contribution >= 4 is 11.9 Å². The van der Waals surface area contributed by atoms with Gasteiger partial charge in [0.05, 0.1) is 33.3 Å². The molecule has 1 aromatic carbocycles. The zero-order valence-electron chi connectivity index (χ0n) is 13.1. The van der Waals surface area contributed by atoms with Gasteiger partial charge in [-0.15, -0.1) is 0 Å². The number of carbonyl (C=O) groups is 2. The minimum atomic E-state index is -4.75. The van der Waals surface area contributed by atoms with Crippen molar-refractivity contribution in [1.29, 1.82) is 0 Å². The molecule has 24 heavy (non-hydrogen) atoms. The summed E-state index contributed by atoms with van der Waals surface area (Å²) in [5, 5.41) is 10.7. The first-order chi connectivity index (χ1) is 11.1. The minimum Gasteiger partial charge on any atom is -0.496 e. The number of hydrogen-bond acceptors (Lipinski definition) is 5. The van der Waals surface area contributed by atoms with Crippen LogP contribution in [0.15, 0.2) is 12.1 Å². The third-order valence-corrected chi connectivity index (χ3v) is 2.99. The van der Waals surface area contributed by atoms with Gasteiger partial charge in [0.2, 0.25) is 0 Å². The van der Waals surface area contributed by atoms with Gasteiger partial charge >= 0.3 is 12.1 Å². The Kier molecular flexibility index (Phi) is 6.27. The molecule has 0 saturated heterocycles.